The normalized spacial score (nSPS) is 10.9. The molecule has 0 N–H and O–H groups in total. The molecule has 102 valence electrons. The van der Waals surface area contributed by atoms with Crippen molar-refractivity contribution in [2.45, 2.75) is 6.54 Å². The van der Waals surface area contributed by atoms with Crippen LogP contribution in [0.1, 0.15) is 5.56 Å². The van der Waals surface area contributed by atoms with E-state index in [1.54, 1.807) is 12.1 Å². The number of halogens is 2. The van der Waals surface area contributed by atoms with E-state index in [9.17, 15) is 4.39 Å². The third-order valence-electron chi connectivity index (χ3n) is 2.97. The van der Waals surface area contributed by atoms with Crippen molar-refractivity contribution < 1.29 is 4.39 Å². The molecule has 0 saturated heterocycles. The van der Waals surface area contributed by atoms with E-state index in [0.717, 1.165) is 21.6 Å². The van der Waals surface area contributed by atoms with Gasteiger partial charge in [0.25, 0.3) is 0 Å². The summed E-state index contributed by atoms with van der Waals surface area (Å²) in [6.45, 7) is 0.624. The summed E-state index contributed by atoms with van der Waals surface area (Å²) in [6, 6.07) is 8.42. The average Bonchev–Trinajstić information content (AvgIpc) is 2.88. The highest BCUT2D eigenvalue weighted by molar-refractivity contribution is 7.16. The molecule has 0 unspecified atom stereocenters. The standard InChI is InChI=1S/C14H11ClFN3S/c1-19(8-9-2-4-10(16)5-3-9)12-11-6-7-20-13(11)18-14(15)17-12/h2-7H,8H2,1H3. The van der Waals surface area contributed by atoms with Gasteiger partial charge in [0.2, 0.25) is 5.28 Å². The summed E-state index contributed by atoms with van der Waals surface area (Å²) in [5.41, 5.74) is 1.01. The lowest BCUT2D eigenvalue weighted by molar-refractivity contribution is 0.627. The maximum Gasteiger partial charge on any atom is 0.225 e. The third-order valence-corrected chi connectivity index (χ3v) is 3.95. The van der Waals surface area contributed by atoms with Crippen LogP contribution in [0.2, 0.25) is 5.28 Å². The first-order chi connectivity index (χ1) is 9.63. The monoisotopic (exact) mass is 307 g/mol. The predicted molar refractivity (Wildman–Crippen MR) is 80.9 cm³/mol. The molecular weight excluding hydrogens is 297 g/mol. The maximum absolute atomic E-state index is 12.9. The van der Waals surface area contributed by atoms with E-state index < -0.39 is 0 Å². The molecule has 0 saturated carbocycles. The second kappa shape index (κ2) is 5.34. The molecule has 2 heterocycles. The van der Waals surface area contributed by atoms with E-state index in [4.69, 9.17) is 11.6 Å². The number of thiophene rings is 1. The number of rotatable bonds is 3. The van der Waals surface area contributed by atoms with Crippen molar-refractivity contribution in [3.63, 3.8) is 0 Å². The topological polar surface area (TPSA) is 29.0 Å². The first-order valence-corrected chi connectivity index (χ1v) is 7.25. The fourth-order valence-electron chi connectivity index (χ4n) is 2.04. The van der Waals surface area contributed by atoms with E-state index in [2.05, 4.69) is 9.97 Å². The van der Waals surface area contributed by atoms with Crippen LogP contribution in [-0.2, 0) is 6.54 Å². The van der Waals surface area contributed by atoms with Gasteiger partial charge in [-0.15, -0.1) is 11.3 Å². The molecule has 6 heteroatoms. The largest absolute Gasteiger partial charge is 0.355 e. The van der Waals surface area contributed by atoms with Crippen LogP contribution in [0.5, 0.6) is 0 Å². The summed E-state index contributed by atoms with van der Waals surface area (Å²) in [7, 11) is 1.93. The quantitative estimate of drug-likeness (QED) is 0.682. The van der Waals surface area contributed by atoms with Gasteiger partial charge in [-0.05, 0) is 40.7 Å². The Morgan fingerprint density at radius 2 is 1.95 bits per heavy atom. The van der Waals surface area contributed by atoms with Crippen LogP contribution in [0.15, 0.2) is 35.7 Å². The van der Waals surface area contributed by atoms with Crippen LogP contribution in [0.3, 0.4) is 0 Å². The predicted octanol–water partition coefficient (Wildman–Crippen LogP) is 4.12. The first-order valence-electron chi connectivity index (χ1n) is 6.00. The highest BCUT2D eigenvalue weighted by Crippen LogP contribution is 2.29. The zero-order valence-electron chi connectivity index (χ0n) is 10.7. The van der Waals surface area contributed by atoms with Gasteiger partial charge >= 0.3 is 0 Å². The molecule has 0 fully saturated rings. The van der Waals surface area contributed by atoms with Crippen LogP contribution in [-0.4, -0.2) is 17.0 Å². The zero-order valence-corrected chi connectivity index (χ0v) is 12.2. The molecule has 0 amide bonds. The Kier molecular flexibility index (Phi) is 3.54. The second-order valence-corrected chi connectivity index (χ2v) is 5.67. The third kappa shape index (κ3) is 2.59. The summed E-state index contributed by atoms with van der Waals surface area (Å²) in [6.07, 6.45) is 0. The molecule has 0 bridgehead atoms. The van der Waals surface area contributed by atoms with E-state index in [-0.39, 0.29) is 11.1 Å². The van der Waals surface area contributed by atoms with Crippen LogP contribution in [0, 0.1) is 5.82 Å². The van der Waals surface area contributed by atoms with Crippen molar-refractivity contribution in [1.82, 2.24) is 9.97 Å². The maximum atomic E-state index is 12.9. The van der Waals surface area contributed by atoms with Crippen molar-refractivity contribution >= 4 is 39.0 Å². The molecule has 0 aliphatic rings. The van der Waals surface area contributed by atoms with Crippen molar-refractivity contribution in [3.8, 4) is 0 Å². The summed E-state index contributed by atoms with van der Waals surface area (Å²) >= 11 is 7.49. The molecular formula is C14H11ClFN3S. The Labute approximate surface area is 124 Å². The van der Waals surface area contributed by atoms with Crippen LogP contribution < -0.4 is 4.90 Å². The molecule has 0 atom stereocenters. The highest BCUT2D eigenvalue weighted by atomic mass is 35.5. The lowest BCUT2D eigenvalue weighted by Gasteiger charge is -2.19. The number of nitrogens with zero attached hydrogens (tertiary/aromatic N) is 3. The average molecular weight is 308 g/mol. The highest BCUT2D eigenvalue weighted by Gasteiger charge is 2.12. The fourth-order valence-corrected chi connectivity index (χ4v) is 3.02. The fraction of sp³-hybridized carbons (Fsp3) is 0.143. The molecule has 20 heavy (non-hydrogen) atoms. The molecule has 3 rings (SSSR count). The molecule has 3 nitrogen and oxygen atoms in total. The summed E-state index contributed by atoms with van der Waals surface area (Å²) in [5.74, 6) is 0.548. The molecule has 0 spiro atoms. The molecule has 0 radical (unpaired) electrons. The molecule has 1 aromatic carbocycles. The second-order valence-electron chi connectivity index (χ2n) is 4.44. The van der Waals surface area contributed by atoms with E-state index in [1.165, 1.54) is 23.5 Å². The Hall–Kier alpha value is -1.72. The zero-order chi connectivity index (χ0) is 14.1. The minimum Gasteiger partial charge on any atom is -0.355 e. The molecule has 0 aliphatic heterocycles. The summed E-state index contributed by atoms with van der Waals surface area (Å²) < 4.78 is 12.9. The van der Waals surface area contributed by atoms with Crippen molar-refractivity contribution in [3.05, 3.63) is 52.4 Å². The lowest BCUT2D eigenvalue weighted by atomic mass is 10.2. The Morgan fingerprint density at radius 3 is 2.70 bits per heavy atom. The van der Waals surface area contributed by atoms with E-state index >= 15 is 0 Å². The van der Waals surface area contributed by atoms with Crippen molar-refractivity contribution in [2.75, 3.05) is 11.9 Å². The van der Waals surface area contributed by atoms with Gasteiger partial charge in [-0.3, -0.25) is 0 Å². The number of fused-ring (bicyclic) bond motifs is 1. The Morgan fingerprint density at radius 1 is 1.20 bits per heavy atom. The smallest absolute Gasteiger partial charge is 0.225 e. The summed E-state index contributed by atoms with van der Waals surface area (Å²) in [5, 5.41) is 3.18. The SMILES string of the molecule is CN(Cc1ccc(F)cc1)c1nc(Cl)nc2sccc12. The minimum atomic E-state index is -0.235. The van der Waals surface area contributed by atoms with Gasteiger partial charge in [0.15, 0.2) is 0 Å². The molecule has 3 aromatic rings. The summed E-state index contributed by atoms with van der Waals surface area (Å²) in [4.78, 5) is 11.3. The van der Waals surface area contributed by atoms with Gasteiger partial charge in [-0.25, -0.2) is 9.37 Å². The molecule has 0 aliphatic carbocycles. The van der Waals surface area contributed by atoms with E-state index in [0.29, 0.717) is 6.54 Å². The van der Waals surface area contributed by atoms with Gasteiger partial charge < -0.3 is 4.90 Å². The van der Waals surface area contributed by atoms with Crippen molar-refractivity contribution in [2.24, 2.45) is 0 Å². The van der Waals surface area contributed by atoms with Gasteiger partial charge in [-0.2, -0.15) is 4.98 Å². The van der Waals surface area contributed by atoms with E-state index in [1.807, 2.05) is 23.4 Å². The first kappa shape index (κ1) is 13.3. The number of anilines is 1. The molecule has 2 aromatic heterocycles. The minimum absolute atomic E-state index is 0.235. The van der Waals surface area contributed by atoms with Gasteiger partial charge in [0.1, 0.15) is 16.5 Å². The number of hydrogen-bond donors (Lipinski definition) is 0. The van der Waals surface area contributed by atoms with Gasteiger partial charge in [0, 0.05) is 13.6 Å². The van der Waals surface area contributed by atoms with Crippen LogP contribution in [0.4, 0.5) is 10.2 Å². The number of benzene rings is 1. The Bertz CT molecular complexity index is 742. The van der Waals surface area contributed by atoms with Crippen molar-refractivity contribution in [1.29, 1.82) is 0 Å². The van der Waals surface area contributed by atoms with Crippen LogP contribution in [0.25, 0.3) is 10.2 Å². The van der Waals surface area contributed by atoms with Gasteiger partial charge in [-0.1, -0.05) is 12.1 Å². The number of hydrogen-bond acceptors (Lipinski definition) is 4. The van der Waals surface area contributed by atoms with Gasteiger partial charge in [0.05, 0.1) is 5.39 Å². The number of aromatic nitrogens is 2. The lowest BCUT2D eigenvalue weighted by Crippen LogP contribution is -2.18. The van der Waals surface area contributed by atoms with Crippen LogP contribution >= 0.6 is 22.9 Å². The Balaban J connectivity index is 1.93.